The Morgan fingerprint density at radius 1 is 1.31 bits per heavy atom. The van der Waals surface area contributed by atoms with Gasteiger partial charge in [-0.15, -0.1) is 4.98 Å². The second-order valence-electron chi connectivity index (χ2n) is 6.28. The number of nitrogens with one attached hydrogen (secondary N) is 1. The van der Waals surface area contributed by atoms with Crippen LogP contribution in [0, 0.1) is 20.4 Å². The summed E-state index contributed by atoms with van der Waals surface area (Å²) in [5.41, 5.74) is -0.410. The van der Waals surface area contributed by atoms with Gasteiger partial charge in [-0.05, 0) is 44.5 Å². The fourth-order valence-corrected chi connectivity index (χ4v) is 3.87. The molecule has 0 bridgehead atoms. The zero-order valence-corrected chi connectivity index (χ0v) is 15.5. The van der Waals surface area contributed by atoms with Gasteiger partial charge < -0.3 is 15.3 Å². The molecule has 7 nitrogen and oxygen atoms in total. The fraction of sp³-hybridized carbons (Fsp3) is 0.278. The molecule has 1 aromatic carbocycles. The Balaban J connectivity index is 2.18. The number of pyridine rings is 1. The molecule has 1 heterocycles. The smallest absolute Gasteiger partial charge is 0.272 e. The van der Waals surface area contributed by atoms with Crippen molar-refractivity contribution in [1.82, 2.24) is 4.98 Å². The van der Waals surface area contributed by atoms with Crippen molar-refractivity contribution in [3.63, 3.8) is 0 Å². The number of sulfone groups is 1. The number of aromatic nitrogens is 1. The molecule has 0 aliphatic rings. The molecule has 1 amide bonds. The maximum absolute atomic E-state index is 12.5. The summed E-state index contributed by atoms with van der Waals surface area (Å²) in [5, 5.41) is 12.8. The Kier molecular flexibility index (Phi) is 5.44. The van der Waals surface area contributed by atoms with E-state index in [9.17, 15) is 18.3 Å². The van der Waals surface area contributed by atoms with Crippen LogP contribution >= 0.6 is 0 Å². The predicted molar refractivity (Wildman–Crippen MR) is 97.7 cm³/mol. The molecule has 0 saturated heterocycles. The average molecular weight is 373 g/mol. The van der Waals surface area contributed by atoms with E-state index in [2.05, 4.69) is 15.1 Å². The van der Waals surface area contributed by atoms with Gasteiger partial charge in [0.05, 0.1) is 16.3 Å². The molecule has 136 valence electrons. The van der Waals surface area contributed by atoms with Gasteiger partial charge in [0.15, 0.2) is 15.4 Å². The Labute approximate surface area is 152 Å². The van der Waals surface area contributed by atoms with Crippen LogP contribution in [0.15, 0.2) is 41.4 Å². The van der Waals surface area contributed by atoms with Gasteiger partial charge in [-0.1, -0.05) is 24.3 Å². The van der Waals surface area contributed by atoms with E-state index in [0.29, 0.717) is 5.56 Å². The first-order chi connectivity index (χ1) is 12.0. The first-order valence-corrected chi connectivity index (χ1v) is 9.38. The molecule has 2 aromatic rings. The summed E-state index contributed by atoms with van der Waals surface area (Å²) in [4.78, 5) is 19.5. The predicted octanol–water partition coefficient (Wildman–Crippen LogP) is 2.41. The van der Waals surface area contributed by atoms with E-state index in [4.69, 9.17) is 6.57 Å². The third kappa shape index (κ3) is 4.45. The highest BCUT2D eigenvalue weighted by Gasteiger charge is 2.36. The van der Waals surface area contributed by atoms with Crippen LogP contribution in [0.25, 0.3) is 4.85 Å². The third-order valence-corrected chi connectivity index (χ3v) is 5.69. The molecule has 0 saturated carbocycles. The number of aliphatic hydroxyl groups is 1. The molecule has 26 heavy (non-hydrogen) atoms. The van der Waals surface area contributed by atoms with Crippen LogP contribution in [0.5, 0.6) is 0 Å². The molecule has 0 aliphatic heterocycles. The summed E-state index contributed by atoms with van der Waals surface area (Å²) < 4.78 is 24.9. The van der Waals surface area contributed by atoms with Crippen LogP contribution < -0.4 is 5.32 Å². The van der Waals surface area contributed by atoms with E-state index >= 15 is 0 Å². The zero-order chi connectivity index (χ0) is 19.5. The maximum atomic E-state index is 12.5. The van der Waals surface area contributed by atoms with Crippen molar-refractivity contribution in [3.8, 4) is 0 Å². The average Bonchev–Trinajstić information content (AvgIpc) is 2.54. The number of hydrogen-bond acceptors (Lipinski definition) is 5. The van der Waals surface area contributed by atoms with Crippen molar-refractivity contribution in [1.29, 1.82) is 0 Å². The molecule has 0 aliphatic carbocycles. The molecule has 8 heteroatoms. The summed E-state index contributed by atoms with van der Waals surface area (Å²) >= 11 is 0. The second-order valence-corrected chi connectivity index (χ2v) is 8.27. The number of amides is 1. The standard InChI is InChI=1S/C18H19N3O4S/c1-12-5-7-15(8-6-12)26(24,25)11-18(3,23)17(22)21-14-9-13(2)16(19-4)20-10-14/h5-10,23H,11H2,1-3H3,(H,21,22)/t18-/m0/s1. The number of rotatable bonds is 5. The van der Waals surface area contributed by atoms with Crippen LogP contribution in [0.2, 0.25) is 0 Å². The molecular formula is C18H19N3O4S. The van der Waals surface area contributed by atoms with Gasteiger partial charge >= 0.3 is 0 Å². The SMILES string of the molecule is [C-]#[N+]c1ncc(NC(=O)[C@@](C)(O)CS(=O)(=O)c2ccc(C)cc2)cc1C. The number of nitrogens with zero attached hydrogens (tertiary/aromatic N) is 2. The van der Waals surface area contributed by atoms with E-state index in [1.807, 2.05) is 6.92 Å². The first-order valence-electron chi connectivity index (χ1n) is 7.72. The molecule has 2 rings (SSSR count). The lowest BCUT2D eigenvalue weighted by Gasteiger charge is -2.22. The van der Waals surface area contributed by atoms with Crippen LogP contribution in [0.1, 0.15) is 18.1 Å². The molecule has 1 atom stereocenters. The molecule has 1 aromatic heterocycles. The minimum Gasteiger partial charge on any atom is -0.379 e. The van der Waals surface area contributed by atoms with Crippen LogP contribution in [-0.4, -0.2) is 35.8 Å². The van der Waals surface area contributed by atoms with Crippen LogP contribution in [0.4, 0.5) is 11.5 Å². The van der Waals surface area contributed by atoms with Gasteiger partial charge in [0.1, 0.15) is 6.20 Å². The Morgan fingerprint density at radius 3 is 2.46 bits per heavy atom. The van der Waals surface area contributed by atoms with Gasteiger partial charge in [0.2, 0.25) is 0 Å². The normalized spacial score (nSPS) is 13.5. The van der Waals surface area contributed by atoms with Gasteiger partial charge in [-0.25, -0.2) is 8.42 Å². The highest BCUT2D eigenvalue weighted by atomic mass is 32.2. The monoisotopic (exact) mass is 373 g/mol. The lowest BCUT2D eigenvalue weighted by atomic mass is 10.1. The van der Waals surface area contributed by atoms with Gasteiger partial charge in [-0.3, -0.25) is 4.79 Å². The Hall–Kier alpha value is -2.76. The number of aryl methyl sites for hydroxylation is 2. The van der Waals surface area contributed by atoms with Crippen molar-refractivity contribution >= 4 is 27.2 Å². The minimum absolute atomic E-state index is 0.0371. The molecule has 0 unspecified atom stereocenters. The lowest BCUT2D eigenvalue weighted by molar-refractivity contribution is -0.130. The van der Waals surface area contributed by atoms with Crippen molar-refractivity contribution in [2.75, 3.05) is 11.1 Å². The summed E-state index contributed by atoms with van der Waals surface area (Å²) in [5.74, 6) is -1.43. The number of hydrogen-bond donors (Lipinski definition) is 2. The number of anilines is 1. The lowest BCUT2D eigenvalue weighted by Crippen LogP contribution is -2.45. The van der Waals surface area contributed by atoms with Gasteiger partial charge in [0.25, 0.3) is 11.7 Å². The molecular weight excluding hydrogens is 354 g/mol. The van der Waals surface area contributed by atoms with E-state index in [1.165, 1.54) is 24.4 Å². The van der Waals surface area contributed by atoms with Gasteiger partial charge in [-0.2, -0.15) is 0 Å². The maximum Gasteiger partial charge on any atom is 0.272 e. The number of carbonyl (C=O) groups is 1. The highest BCUT2D eigenvalue weighted by Crippen LogP contribution is 2.22. The summed E-state index contributed by atoms with van der Waals surface area (Å²) in [6.45, 7) is 11.6. The van der Waals surface area contributed by atoms with Crippen molar-refractivity contribution < 1.29 is 18.3 Å². The van der Waals surface area contributed by atoms with E-state index in [1.54, 1.807) is 19.1 Å². The van der Waals surface area contributed by atoms with E-state index in [0.717, 1.165) is 12.5 Å². The fourth-order valence-electron chi connectivity index (χ4n) is 2.28. The quantitative estimate of drug-likeness (QED) is 0.784. The van der Waals surface area contributed by atoms with Crippen LogP contribution in [0.3, 0.4) is 0 Å². The topological polar surface area (TPSA) is 101 Å². The Morgan fingerprint density at radius 2 is 1.92 bits per heavy atom. The van der Waals surface area contributed by atoms with Crippen molar-refractivity contribution in [3.05, 3.63) is 59.1 Å². The second kappa shape index (κ2) is 7.23. The summed E-state index contributed by atoms with van der Waals surface area (Å²) in [7, 11) is -3.86. The number of benzene rings is 1. The molecule has 0 spiro atoms. The molecule has 0 radical (unpaired) electrons. The van der Waals surface area contributed by atoms with Crippen LogP contribution in [-0.2, 0) is 14.6 Å². The largest absolute Gasteiger partial charge is 0.379 e. The molecule has 0 fully saturated rings. The highest BCUT2D eigenvalue weighted by molar-refractivity contribution is 7.91. The number of carbonyl (C=O) groups excluding carboxylic acids is 1. The van der Waals surface area contributed by atoms with Crippen molar-refractivity contribution in [2.24, 2.45) is 0 Å². The zero-order valence-electron chi connectivity index (χ0n) is 14.6. The molecule has 2 N–H and O–H groups in total. The summed E-state index contributed by atoms with van der Waals surface area (Å²) in [6, 6.07) is 7.71. The van der Waals surface area contributed by atoms with E-state index in [-0.39, 0.29) is 16.4 Å². The summed E-state index contributed by atoms with van der Waals surface area (Å²) in [6.07, 6.45) is 1.28. The Bertz CT molecular complexity index is 974. The van der Waals surface area contributed by atoms with Gasteiger partial charge in [0, 0.05) is 0 Å². The third-order valence-electron chi connectivity index (χ3n) is 3.75. The van der Waals surface area contributed by atoms with E-state index < -0.39 is 27.1 Å². The first kappa shape index (κ1) is 19.6. The van der Waals surface area contributed by atoms with Crippen molar-refractivity contribution in [2.45, 2.75) is 31.3 Å². The minimum atomic E-state index is -3.86.